The molecular weight excluding hydrogens is 302 g/mol. The van der Waals surface area contributed by atoms with E-state index < -0.39 is 0 Å². The van der Waals surface area contributed by atoms with Gasteiger partial charge < -0.3 is 10.2 Å². The maximum Gasteiger partial charge on any atom is 0.274 e. The van der Waals surface area contributed by atoms with Crippen LogP contribution in [-0.2, 0) is 0 Å². The fraction of sp³-hybridized carbons (Fsp3) is 0.316. The maximum atomic E-state index is 12.5. The number of amides is 2. The minimum Gasteiger partial charge on any atom is -0.339 e. The summed E-state index contributed by atoms with van der Waals surface area (Å²) in [6, 6.07) is 9.12. The molecule has 1 saturated heterocycles. The zero-order valence-corrected chi connectivity index (χ0v) is 14.0. The smallest absolute Gasteiger partial charge is 0.274 e. The van der Waals surface area contributed by atoms with Gasteiger partial charge >= 0.3 is 0 Å². The van der Waals surface area contributed by atoms with Gasteiger partial charge in [0.05, 0.1) is 0 Å². The Kier molecular flexibility index (Phi) is 4.60. The standard InChI is InChI=1S/C19H21N3O2/c1-13-5-6-14(2)16(11-13)21-18(23)17-12-15(7-8-20-17)19(24)22-9-3-4-10-22/h5-8,11-12H,3-4,9-10H2,1-2H3,(H,21,23). The highest BCUT2D eigenvalue weighted by molar-refractivity contribution is 6.05. The summed E-state index contributed by atoms with van der Waals surface area (Å²) in [5.41, 5.74) is 3.58. The average molecular weight is 323 g/mol. The molecule has 3 rings (SSSR count). The molecule has 0 saturated carbocycles. The fourth-order valence-electron chi connectivity index (χ4n) is 2.85. The predicted molar refractivity (Wildman–Crippen MR) is 93.2 cm³/mol. The van der Waals surface area contributed by atoms with Crippen LogP contribution in [0.15, 0.2) is 36.5 Å². The van der Waals surface area contributed by atoms with Gasteiger partial charge in [-0.1, -0.05) is 12.1 Å². The minimum absolute atomic E-state index is 0.0318. The number of hydrogen-bond donors (Lipinski definition) is 1. The minimum atomic E-state index is -0.306. The maximum absolute atomic E-state index is 12.5. The normalized spacial score (nSPS) is 13.8. The summed E-state index contributed by atoms with van der Waals surface area (Å²) in [5.74, 6) is -0.338. The molecule has 0 atom stereocenters. The van der Waals surface area contributed by atoms with Crippen LogP contribution in [0, 0.1) is 13.8 Å². The number of carbonyl (C=O) groups excluding carboxylic acids is 2. The van der Waals surface area contributed by atoms with E-state index in [1.165, 1.54) is 6.20 Å². The lowest BCUT2D eigenvalue weighted by molar-refractivity contribution is 0.0792. The molecule has 5 heteroatoms. The van der Waals surface area contributed by atoms with E-state index in [1.807, 2.05) is 36.9 Å². The number of benzene rings is 1. The summed E-state index contributed by atoms with van der Waals surface area (Å²) < 4.78 is 0. The first kappa shape index (κ1) is 16.2. The van der Waals surface area contributed by atoms with E-state index >= 15 is 0 Å². The zero-order valence-electron chi connectivity index (χ0n) is 14.0. The molecule has 0 bridgehead atoms. The summed E-state index contributed by atoms with van der Waals surface area (Å²) in [7, 11) is 0. The Bertz CT molecular complexity index is 780. The van der Waals surface area contributed by atoms with Crippen molar-refractivity contribution in [3.8, 4) is 0 Å². The third-order valence-electron chi connectivity index (χ3n) is 4.27. The molecule has 5 nitrogen and oxygen atoms in total. The number of likely N-dealkylation sites (tertiary alicyclic amines) is 1. The van der Waals surface area contributed by atoms with E-state index in [9.17, 15) is 9.59 Å². The Morgan fingerprint density at radius 3 is 2.58 bits per heavy atom. The molecule has 2 heterocycles. The molecule has 1 aromatic heterocycles. The Labute approximate surface area is 141 Å². The predicted octanol–water partition coefficient (Wildman–Crippen LogP) is 3.19. The van der Waals surface area contributed by atoms with E-state index in [-0.39, 0.29) is 17.5 Å². The van der Waals surface area contributed by atoms with Gasteiger partial charge in [-0.3, -0.25) is 14.6 Å². The molecule has 2 aromatic rings. The summed E-state index contributed by atoms with van der Waals surface area (Å²) in [6.45, 7) is 5.48. The first-order chi connectivity index (χ1) is 11.5. The Morgan fingerprint density at radius 2 is 1.83 bits per heavy atom. The van der Waals surface area contributed by atoms with Crippen LogP contribution in [0.2, 0.25) is 0 Å². The van der Waals surface area contributed by atoms with Gasteiger partial charge in [0.1, 0.15) is 5.69 Å². The van der Waals surface area contributed by atoms with Gasteiger partial charge in [0.15, 0.2) is 0 Å². The lowest BCUT2D eigenvalue weighted by Crippen LogP contribution is -2.28. The molecule has 0 radical (unpaired) electrons. The molecule has 1 aliphatic heterocycles. The second-order valence-corrected chi connectivity index (χ2v) is 6.20. The number of anilines is 1. The van der Waals surface area contributed by atoms with Crippen LogP contribution in [0.4, 0.5) is 5.69 Å². The van der Waals surface area contributed by atoms with Crippen molar-refractivity contribution in [3.05, 3.63) is 58.9 Å². The number of hydrogen-bond acceptors (Lipinski definition) is 3. The second-order valence-electron chi connectivity index (χ2n) is 6.20. The molecule has 1 N–H and O–H groups in total. The Morgan fingerprint density at radius 1 is 1.08 bits per heavy atom. The van der Waals surface area contributed by atoms with Crippen molar-refractivity contribution in [3.63, 3.8) is 0 Å². The molecular formula is C19H21N3O2. The van der Waals surface area contributed by atoms with Crippen molar-refractivity contribution >= 4 is 17.5 Å². The van der Waals surface area contributed by atoms with Gasteiger partial charge in [-0.05, 0) is 56.0 Å². The highest BCUT2D eigenvalue weighted by Crippen LogP contribution is 2.18. The van der Waals surface area contributed by atoms with E-state index in [4.69, 9.17) is 0 Å². The number of nitrogens with one attached hydrogen (secondary N) is 1. The van der Waals surface area contributed by atoms with Crippen molar-refractivity contribution in [1.82, 2.24) is 9.88 Å². The number of pyridine rings is 1. The van der Waals surface area contributed by atoms with Gasteiger partial charge in [0.25, 0.3) is 11.8 Å². The van der Waals surface area contributed by atoms with E-state index in [0.29, 0.717) is 5.56 Å². The average Bonchev–Trinajstić information content (AvgIpc) is 3.12. The number of carbonyl (C=O) groups is 2. The van der Waals surface area contributed by atoms with Crippen LogP contribution in [-0.4, -0.2) is 34.8 Å². The molecule has 2 amide bonds. The van der Waals surface area contributed by atoms with Gasteiger partial charge in [-0.15, -0.1) is 0 Å². The van der Waals surface area contributed by atoms with Crippen LogP contribution >= 0.6 is 0 Å². The summed E-state index contributed by atoms with van der Waals surface area (Å²) >= 11 is 0. The van der Waals surface area contributed by atoms with Crippen molar-refractivity contribution in [1.29, 1.82) is 0 Å². The number of aromatic nitrogens is 1. The first-order valence-electron chi connectivity index (χ1n) is 8.18. The highest BCUT2D eigenvalue weighted by Gasteiger charge is 2.20. The Hall–Kier alpha value is -2.69. The van der Waals surface area contributed by atoms with Gasteiger partial charge in [-0.25, -0.2) is 0 Å². The van der Waals surface area contributed by atoms with Gasteiger partial charge in [-0.2, -0.15) is 0 Å². The van der Waals surface area contributed by atoms with Crippen molar-refractivity contribution < 1.29 is 9.59 Å². The van der Waals surface area contributed by atoms with Crippen LogP contribution in [0.3, 0.4) is 0 Å². The molecule has 0 unspecified atom stereocenters. The molecule has 124 valence electrons. The zero-order chi connectivity index (χ0) is 17.1. The van der Waals surface area contributed by atoms with Gasteiger partial charge in [0, 0.05) is 30.5 Å². The van der Waals surface area contributed by atoms with Crippen LogP contribution in [0.25, 0.3) is 0 Å². The fourth-order valence-corrected chi connectivity index (χ4v) is 2.85. The lowest BCUT2D eigenvalue weighted by Gasteiger charge is -2.15. The summed E-state index contributed by atoms with van der Waals surface area (Å²) in [5, 5.41) is 2.88. The lowest BCUT2D eigenvalue weighted by atomic mass is 10.1. The Balaban J connectivity index is 1.79. The molecule has 1 fully saturated rings. The van der Waals surface area contributed by atoms with E-state index in [1.54, 1.807) is 12.1 Å². The van der Waals surface area contributed by atoms with Crippen LogP contribution in [0.1, 0.15) is 44.8 Å². The third kappa shape index (κ3) is 3.45. The first-order valence-corrected chi connectivity index (χ1v) is 8.18. The molecule has 1 aromatic carbocycles. The SMILES string of the molecule is Cc1ccc(C)c(NC(=O)c2cc(C(=O)N3CCCC3)ccn2)c1. The molecule has 0 aliphatic carbocycles. The second kappa shape index (κ2) is 6.83. The highest BCUT2D eigenvalue weighted by atomic mass is 16.2. The van der Waals surface area contributed by atoms with Gasteiger partial charge in [0.2, 0.25) is 0 Å². The topological polar surface area (TPSA) is 62.3 Å². The molecule has 1 aliphatic rings. The van der Waals surface area contributed by atoms with Crippen molar-refractivity contribution in [2.24, 2.45) is 0 Å². The van der Waals surface area contributed by atoms with Crippen LogP contribution < -0.4 is 5.32 Å². The third-order valence-corrected chi connectivity index (χ3v) is 4.27. The number of rotatable bonds is 3. The monoisotopic (exact) mass is 323 g/mol. The van der Waals surface area contributed by atoms with E-state index in [0.717, 1.165) is 42.7 Å². The number of nitrogens with zero attached hydrogens (tertiary/aromatic N) is 2. The van der Waals surface area contributed by atoms with Crippen LogP contribution in [0.5, 0.6) is 0 Å². The molecule has 0 spiro atoms. The number of aryl methyl sites for hydroxylation is 2. The summed E-state index contributed by atoms with van der Waals surface area (Å²) in [6.07, 6.45) is 3.59. The quantitative estimate of drug-likeness (QED) is 0.943. The summed E-state index contributed by atoms with van der Waals surface area (Å²) in [4.78, 5) is 30.9. The van der Waals surface area contributed by atoms with Crippen molar-refractivity contribution in [2.45, 2.75) is 26.7 Å². The van der Waals surface area contributed by atoms with Crippen molar-refractivity contribution in [2.75, 3.05) is 18.4 Å². The largest absolute Gasteiger partial charge is 0.339 e. The van der Waals surface area contributed by atoms with E-state index in [2.05, 4.69) is 10.3 Å². The molecule has 24 heavy (non-hydrogen) atoms.